The molecule has 0 aliphatic carbocycles. The van der Waals surface area contributed by atoms with Crippen molar-refractivity contribution in [3.05, 3.63) is 142 Å². The van der Waals surface area contributed by atoms with Crippen LogP contribution in [0.1, 0.15) is 0 Å². The van der Waals surface area contributed by atoms with E-state index in [-0.39, 0.29) is 21.9 Å². The molecule has 0 atom stereocenters. The summed E-state index contributed by atoms with van der Waals surface area (Å²) in [6.07, 6.45) is 0. The third kappa shape index (κ3) is 2.84. The molecule has 8 heteroatoms. The maximum absolute atomic E-state index is 17.0. The Morgan fingerprint density at radius 3 is 1.25 bits per heavy atom. The maximum Gasteiger partial charge on any atom is 0.264 e. The average molecular weight is 673 g/mol. The molecule has 0 aliphatic rings. The van der Waals surface area contributed by atoms with Crippen LogP contribution < -0.4 is 11.1 Å². The van der Waals surface area contributed by atoms with Gasteiger partial charge in [0.2, 0.25) is 0 Å². The van der Waals surface area contributed by atoms with Crippen LogP contribution in [0.25, 0.3) is 120 Å². The summed E-state index contributed by atoms with van der Waals surface area (Å²) in [6.45, 7) is 0. The first kappa shape index (κ1) is 26.8. The summed E-state index contributed by atoms with van der Waals surface area (Å²) in [4.78, 5) is 38.9. The van der Waals surface area contributed by atoms with E-state index < -0.39 is 11.6 Å². The van der Waals surface area contributed by atoms with E-state index in [4.69, 9.17) is 9.97 Å². The lowest BCUT2D eigenvalue weighted by atomic mass is 9.85. The highest BCUT2D eigenvalue weighted by Gasteiger charge is 2.27. The van der Waals surface area contributed by atoms with Gasteiger partial charge in [0.1, 0.15) is 22.9 Å². The van der Waals surface area contributed by atoms with Crippen LogP contribution in [-0.4, -0.2) is 18.8 Å². The second-order valence-corrected chi connectivity index (χ2v) is 13.8. The zero-order valence-electron chi connectivity index (χ0n) is 26.8. The zero-order valence-corrected chi connectivity index (χ0v) is 26.8. The molecule has 4 heterocycles. The van der Waals surface area contributed by atoms with Crippen LogP contribution in [0.3, 0.4) is 0 Å². The van der Waals surface area contributed by atoms with Crippen molar-refractivity contribution in [1.82, 2.24) is 18.8 Å². The van der Waals surface area contributed by atoms with E-state index in [9.17, 15) is 9.59 Å². The zero-order chi connectivity index (χ0) is 34.3. The molecule has 0 saturated carbocycles. The Bertz CT molecular complexity index is 3680. The largest absolute Gasteiger partial charge is 0.268 e. The molecule has 0 radical (unpaired) electrons. The van der Waals surface area contributed by atoms with Gasteiger partial charge in [-0.3, -0.25) is 18.4 Å². The van der Waals surface area contributed by atoms with E-state index in [1.54, 1.807) is 33.1 Å². The van der Waals surface area contributed by atoms with Gasteiger partial charge in [-0.05, 0) is 70.1 Å². The van der Waals surface area contributed by atoms with Crippen molar-refractivity contribution >= 4 is 120 Å². The van der Waals surface area contributed by atoms with Gasteiger partial charge in [-0.1, -0.05) is 60.7 Å². The van der Waals surface area contributed by atoms with Crippen LogP contribution in [0, 0.1) is 11.6 Å². The number of halogens is 2. The van der Waals surface area contributed by atoms with Crippen LogP contribution in [0.15, 0.2) is 119 Å². The molecule has 0 unspecified atom stereocenters. The SMILES string of the molecule is O=c1c2ccc3c4c(F)cc5c6c(ccc(c7c(F)cc(c2c37)c2nc3cccc7cccc(c73)n12)c46)c(=O)n1c2cccc3cccc(nc51)c32. The highest BCUT2D eigenvalue weighted by molar-refractivity contribution is 6.41. The van der Waals surface area contributed by atoms with Crippen LogP contribution >= 0.6 is 0 Å². The van der Waals surface area contributed by atoms with E-state index in [1.807, 2.05) is 72.8 Å². The first-order valence-electron chi connectivity index (χ1n) is 17.0. The Kier molecular flexibility index (Phi) is 4.44. The molecule has 13 rings (SSSR count). The van der Waals surface area contributed by atoms with Gasteiger partial charge >= 0.3 is 0 Å². The van der Waals surface area contributed by atoms with Crippen molar-refractivity contribution < 1.29 is 8.78 Å². The molecule has 0 saturated heterocycles. The third-order valence-electron chi connectivity index (χ3n) is 11.4. The molecule has 0 bridgehead atoms. The van der Waals surface area contributed by atoms with E-state index in [0.717, 1.165) is 21.5 Å². The molecule has 0 fully saturated rings. The second kappa shape index (κ2) is 8.62. The fourth-order valence-corrected chi connectivity index (χ4v) is 9.45. The first-order valence-corrected chi connectivity index (χ1v) is 17.0. The van der Waals surface area contributed by atoms with Crippen LogP contribution in [0.5, 0.6) is 0 Å². The van der Waals surface area contributed by atoms with Gasteiger partial charge in [-0.2, -0.15) is 0 Å². The lowest BCUT2D eigenvalue weighted by Crippen LogP contribution is -2.17. The van der Waals surface area contributed by atoms with Gasteiger partial charge in [0, 0.05) is 64.6 Å². The fraction of sp³-hybridized carbons (Fsp3) is 0. The van der Waals surface area contributed by atoms with E-state index >= 15 is 8.78 Å². The Labute approximate surface area is 288 Å². The third-order valence-corrected chi connectivity index (χ3v) is 11.4. The minimum atomic E-state index is -0.527. The number of aromatic nitrogens is 4. The molecular weight excluding hydrogens is 655 g/mol. The highest BCUT2D eigenvalue weighted by atomic mass is 19.1. The van der Waals surface area contributed by atoms with Gasteiger partial charge in [0.15, 0.2) is 0 Å². The van der Waals surface area contributed by atoms with E-state index in [0.29, 0.717) is 87.2 Å². The molecule has 52 heavy (non-hydrogen) atoms. The normalized spacial score (nSPS) is 13.0. The molecule has 4 aromatic heterocycles. The predicted molar refractivity (Wildman–Crippen MR) is 205 cm³/mol. The molecule has 9 aromatic carbocycles. The van der Waals surface area contributed by atoms with Crippen LogP contribution in [0.2, 0.25) is 0 Å². The average Bonchev–Trinajstić information content (AvgIpc) is 3.16. The van der Waals surface area contributed by atoms with Crippen molar-refractivity contribution in [2.45, 2.75) is 0 Å². The topological polar surface area (TPSA) is 68.7 Å². The number of hydrogen-bond donors (Lipinski definition) is 0. The van der Waals surface area contributed by atoms with Crippen LogP contribution in [0.4, 0.5) is 8.78 Å². The summed E-state index contributed by atoms with van der Waals surface area (Å²) < 4.78 is 37.2. The fourth-order valence-electron chi connectivity index (χ4n) is 9.45. The Hall–Kier alpha value is -7.06. The van der Waals surface area contributed by atoms with Gasteiger partial charge in [-0.15, -0.1) is 0 Å². The molecule has 0 aliphatic heterocycles. The van der Waals surface area contributed by atoms with Crippen LogP contribution in [-0.2, 0) is 0 Å². The second-order valence-electron chi connectivity index (χ2n) is 13.8. The molecule has 6 nitrogen and oxygen atoms in total. The maximum atomic E-state index is 17.0. The summed E-state index contributed by atoms with van der Waals surface area (Å²) >= 11 is 0. The van der Waals surface area contributed by atoms with Gasteiger partial charge < -0.3 is 0 Å². The molecule has 13 aromatic rings. The minimum absolute atomic E-state index is 0.266. The van der Waals surface area contributed by atoms with Crippen molar-refractivity contribution in [2.24, 2.45) is 0 Å². The van der Waals surface area contributed by atoms with Crippen molar-refractivity contribution in [3.8, 4) is 0 Å². The quantitative estimate of drug-likeness (QED) is 0.119. The molecule has 0 amide bonds. The lowest BCUT2D eigenvalue weighted by Gasteiger charge is -2.21. The summed E-state index contributed by atoms with van der Waals surface area (Å²) in [7, 11) is 0. The Morgan fingerprint density at radius 1 is 0.404 bits per heavy atom. The van der Waals surface area contributed by atoms with Gasteiger partial charge in [-0.25, -0.2) is 18.7 Å². The highest BCUT2D eigenvalue weighted by Crippen LogP contribution is 2.47. The van der Waals surface area contributed by atoms with E-state index in [1.165, 1.54) is 12.1 Å². The number of nitrogens with zero attached hydrogens (tertiary/aromatic N) is 4. The van der Waals surface area contributed by atoms with Gasteiger partial charge in [0.05, 0.1) is 22.1 Å². The van der Waals surface area contributed by atoms with Crippen molar-refractivity contribution in [1.29, 1.82) is 0 Å². The Balaban J connectivity index is 1.28. The number of rotatable bonds is 0. The lowest BCUT2D eigenvalue weighted by molar-refractivity contribution is 0.641. The molecule has 240 valence electrons. The first-order chi connectivity index (χ1) is 25.5. The van der Waals surface area contributed by atoms with E-state index in [2.05, 4.69) is 0 Å². The Morgan fingerprint density at radius 2 is 0.808 bits per heavy atom. The summed E-state index contributed by atoms with van der Waals surface area (Å²) in [5, 5.41) is 8.70. The van der Waals surface area contributed by atoms with Crippen molar-refractivity contribution in [3.63, 3.8) is 0 Å². The number of benzene rings is 9. The van der Waals surface area contributed by atoms with Gasteiger partial charge in [0.25, 0.3) is 11.1 Å². The molecular formula is C44H18F2N4O2. The molecule has 0 N–H and O–H groups in total. The molecule has 0 spiro atoms. The number of fused-ring (bicyclic) bond motifs is 8. The number of hydrogen-bond acceptors (Lipinski definition) is 4. The summed E-state index contributed by atoms with van der Waals surface area (Å²) in [6, 6.07) is 32.8. The smallest absolute Gasteiger partial charge is 0.264 e. The number of pyridine rings is 2. The summed E-state index contributed by atoms with van der Waals surface area (Å²) in [5.74, 6) is -1.05. The monoisotopic (exact) mass is 672 g/mol. The predicted octanol–water partition coefficient (Wildman–Crippen LogP) is 9.83. The minimum Gasteiger partial charge on any atom is -0.268 e. The summed E-state index contributed by atoms with van der Waals surface area (Å²) in [5.41, 5.74) is 2.84. The standard InChI is InChI=1S/C44H18F2N4O2/c45-27-17-25-35-23(43(51)49-31-11-3-7-19-5-1-9-29(33(19)31)47-41(25)49)15-13-21-38-28(46)18-26-36-24(16-14-22(40(36)38)37(27)39(21)35)44(52)50-32-12-4-8-20-6-2-10-30(34(20)32)48-42(26)50/h1-18H. The van der Waals surface area contributed by atoms with Crippen molar-refractivity contribution in [2.75, 3.05) is 0 Å².